The number of oxazole rings is 1. The maximum atomic E-state index is 12.8. The molecule has 2 heterocycles. The van der Waals surface area contributed by atoms with E-state index in [1.165, 1.54) is 16.2 Å². The maximum Gasteiger partial charge on any atom is 0.329 e. The molecule has 2 aromatic rings. The first kappa shape index (κ1) is 17.7. The number of aliphatic carboxylic acids is 1. The minimum absolute atomic E-state index is 0.0479. The van der Waals surface area contributed by atoms with Gasteiger partial charge in [-0.15, -0.1) is 11.3 Å². The van der Waals surface area contributed by atoms with Crippen LogP contribution in [0, 0.1) is 6.92 Å². The zero-order chi connectivity index (χ0) is 18.0. The lowest BCUT2D eigenvalue weighted by Gasteiger charge is -2.41. The minimum Gasteiger partial charge on any atom is -0.479 e. The highest BCUT2D eigenvalue weighted by Crippen LogP contribution is 2.34. The number of carbonyl (C=O) groups excluding carboxylic acids is 1. The van der Waals surface area contributed by atoms with Crippen molar-refractivity contribution in [2.45, 2.75) is 51.0 Å². The van der Waals surface area contributed by atoms with Gasteiger partial charge >= 0.3 is 5.97 Å². The smallest absolute Gasteiger partial charge is 0.329 e. The van der Waals surface area contributed by atoms with E-state index in [-0.39, 0.29) is 12.3 Å². The average Bonchev–Trinajstić information content (AvgIpc) is 3.25. The number of aryl methyl sites for hydroxylation is 1. The first-order chi connectivity index (χ1) is 11.9. The van der Waals surface area contributed by atoms with Crippen molar-refractivity contribution in [3.05, 3.63) is 29.0 Å². The van der Waals surface area contributed by atoms with Crippen LogP contribution in [0.25, 0.3) is 10.8 Å². The van der Waals surface area contributed by atoms with E-state index in [4.69, 9.17) is 4.42 Å². The Morgan fingerprint density at radius 2 is 2.08 bits per heavy atom. The Hall–Kier alpha value is -2.15. The molecule has 0 aliphatic heterocycles. The van der Waals surface area contributed by atoms with Crippen LogP contribution in [-0.4, -0.2) is 39.5 Å². The highest BCUT2D eigenvalue weighted by molar-refractivity contribution is 7.13. The molecule has 7 heteroatoms. The molecular weight excluding hydrogens is 340 g/mol. The third-order valence-electron chi connectivity index (χ3n) is 5.04. The van der Waals surface area contributed by atoms with E-state index >= 15 is 0 Å². The molecule has 0 unspecified atom stereocenters. The van der Waals surface area contributed by atoms with Crippen molar-refractivity contribution >= 4 is 23.2 Å². The number of nitrogens with zero attached hydrogens (tertiary/aromatic N) is 2. The molecular formula is C18H22N2O4S. The molecule has 0 aromatic carbocycles. The van der Waals surface area contributed by atoms with Crippen molar-refractivity contribution in [2.75, 3.05) is 7.05 Å². The molecule has 3 rings (SSSR count). The maximum absolute atomic E-state index is 12.8. The van der Waals surface area contributed by atoms with E-state index < -0.39 is 11.5 Å². The van der Waals surface area contributed by atoms with Crippen LogP contribution in [0.3, 0.4) is 0 Å². The van der Waals surface area contributed by atoms with E-state index in [1.807, 2.05) is 17.5 Å². The summed E-state index contributed by atoms with van der Waals surface area (Å²) in [5.41, 5.74) is -0.527. The molecule has 2 aromatic heterocycles. The van der Waals surface area contributed by atoms with Crippen molar-refractivity contribution in [3.8, 4) is 10.8 Å². The van der Waals surface area contributed by atoms with Gasteiger partial charge in [0.1, 0.15) is 11.3 Å². The molecule has 0 atom stereocenters. The van der Waals surface area contributed by atoms with Crippen molar-refractivity contribution in [2.24, 2.45) is 0 Å². The van der Waals surface area contributed by atoms with Crippen molar-refractivity contribution in [3.63, 3.8) is 0 Å². The summed E-state index contributed by atoms with van der Waals surface area (Å²) in [5, 5.41) is 11.7. The quantitative estimate of drug-likeness (QED) is 0.880. The van der Waals surface area contributed by atoms with Gasteiger partial charge in [-0.05, 0) is 31.2 Å². The van der Waals surface area contributed by atoms with Gasteiger partial charge in [0.25, 0.3) is 0 Å². The number of likely N-dealkylation sites (N-methyl/N-ethyl adjacent to an activating group) is 1. The summed E-state index contributed by atoms with van der Waals surface area (Å²) < 4.78 is 5.67. The van der Waals surface area contributed by atoms with Crippen LogP contribution in [-0.2, 0) is 16.0 Å². The van der Waals surface area contributed by atoms with E-state index in [0.717, 1.165) is 24.1 Å². The van der Waals surface area contributed by atoms with Crippen molar-refractivity contribution < 1.29 is 19.1 Å². The molecule has 1 aliphatic rings. The van der Waals surface area contributed by atoms with Gasteiger partial charge in [0.2, 0.25) is 11.8 Å². The van der Waals surface area contributed by atoms with Gasteiger partial charge in [0.15, 0.2) is 0 Å². The first-order valence-corrected chi connectivity index (χ1v) is 9.32. The minimum atomic E-state index is -1.09. The zero-order valence-electron chi connectivity index (χ0n) is 14.4. The Kier molecular flexibility index (Phi) is 4.94. The third kappa shape index (κ3) is 3.33. The fraction of sp³-hybridized carbons (Fsp3) is 0.500. The predicted octanol–water partition coefficient (Wildman–Crippen LogP) is 3.50. The van der Waals surface area contributed by atoms with E-state index in [1.54, 1.807) is 14.0 Å². The number of thiophene rings is 1. The summed E-state index contributed by atoms with van der Waals surface area (Å²) in [6.45, 7) is 1.78. The summed E-state index contributed by atoms with van der Waals surface area (Å²) in [5.74, 6) is -0.0561. The molecule has 1 aliphatic carbocycles. The SMILES string of the molecule is Cc1oc(-c2cccs2)nc1CC(=O)N(C)C1(C(=O)O)CCCCC1. The predicted molar refractivity (Wildman–Crippen MR) is 94.5 cm³/mol. The highest BCUT2D eigenvalue weighted by Gasteiger charge is 2.45. The van der Waals surface area contributed by atoms with E-state index in [0.29, 0.717) is 30.2 Å². The van der Waals surface area contributed by atoms with Crippen LogP contribution < -0.4 is 0 Å². The van der Waals surface area contributed by atoms with Gasteiger partial charge in [-0.3, -0.25) is 4.79 Å². The Labute approximate surface area is 150 Å². The first-order valence-electron chi connectivity index (χ1n) is 8.44. The van der Waals surface area contributed by atoms with E-state index in [2.05, 4.69) is 4.98 Å². The Morgan fingerprint density at radius 3 is 2.68 bits per heavy atom. The Morgan fingerprint density at radius 1 is 1.36 bits per heavy atom. The Bertz CT molecular complexity index is 760. The number of carbonyl (C=O) groups is 2. The summed E-state index contributed by atoms with van der Waals surface area (Å²) in [6, 6.07) is 3.83. The number of amides is 1. The largest absolute Gasteiger partial charge is 0.479 e. The molecule has 1 N–H and O–H groups in total. The van der Waals surface area contributed by atoms with Crippen LogP contribution in [0.2, 0.25) is 0 Å². The molecule has 1 fully saturated rings. The molecule has 0 spiro atoms. The Balaban J connectivity index is 1.78. The lowest BCUT2D eigenvalue weighted by atomic mass is 9.80. The number of aromatic nitrogens is 1. The van der Waals surface area contributed by atoms with Gasteiger partial charge in [-0.1, -0.05) is 25.3 Å². The lowest BCUT2D eigenvalue weighted by Crippen LogP contribution is -2.56. The number of hydrogen-bond acceptors (Lipinski definition) is 5. The van der Waals surface area contributed by atoms with Crippen LogP contribution in [0.4, 0.5) is 0 Å². The topological polar surface area (TPSA) is 83.6 Å². The van der Waals surface area contributed by atoms with Gasteiger partial charge < -0.3 is 14.4 Å². The number of rotatable bonds is 5. The highest BCUT2D eigenvalue weighted by atomic mass is 32.1. The molecule has 6 nitrogen and oxygen atoms in total. The standard InChI is InChI=1S/C18H22N2O4S/c1-12-13(19-16(24-12)14-7-6-10-25-14)11-15(21)20(2)18(17(22)23)8-4-3-5-9-18/h6-7,10H,3-5,8-9,11H2,1-2H3,(H,22,23). The van der Waals surface area contributed by atoms with Crippen molar-refractivity contribution in [1.82, 2.24) is 9.88 Å². The summed E-state index contributed by atoms with van der Waals surface area (Å²) in [6.07, 6.45) is 3.73. The second-order valence-corrected chi connectivity index (χ2v) is 7.47. The van der Waals surface area contributed by atoms with Gasteiger partial charge in [-0.25, -0.2) is 9.78 Å². The summed E-state index contributed by atoms with van der Waals surface area (Å²) in [4.78, 5) is 31.4. The van der Waals surface area contributed by atoms with Gasteiger partial charge in [-0.2, -0.15) is 0 Å². The fourth-order valence-corrected chi connectivity index (χ4v) is 4.08. The molecule has 0 saturated heterocycles. The molecule has 25 heavy (non-hydrogen) atoms. The third-order valence-corrected chi connectivity index (χ3v) is 5.90. The molecule has 0 bridgehead atoms. The number of hydrogen-bond donors (Lipinski definition) is 1. The van der Waals surface area contributed by atoms with Crippen LogP contribution in [0.15, 0.2) is 21.9 Å². The van der Waals surface area contributed by atoms with Crippen LogP contribution in [0.1, 0.15) is 43.6 Å². The summed E-state index contributed by atoms with van der Waals surface area (Å²) in [7, 11) is 1.59. The number of carboxylic acid groups (broad SMARTS) is 1. The van der Waals surface area contributed by atoms with Gasteiger partial charge in [0.05, 0.1) is 17.0 Å². The molecule has 1 saturated carbocycles. The average molecular weight is 362 g/mol. The molecule has 1 amide bonds. The fourth-order valence-electron chi connectivity index (χ4n) is 3.43. The lowest BCUT2D eigenvalue weighted by molar-refractivity contribution is -0.160. The van der Waals surface area contributed by atoms with E-state index in [9.17, 15) is 14.7 Å². The normalized spacial score (nSPS) is 16.6. The second kappa shape index (κ2) is 7.00. The van der Waals surface area contributed by atoms with Crippen LogP contribution >= 0.6 is 11.3 Å². The molecule has 134 valence electrons. The number of carboxylic acids is 1. The summed E-state index contributed by atoms with van der Waals surface area (Å²) >= 11 is 1.52. The monoisotopic (exact) mass is 362 g/mol. The molecule has 0 radical (unpaired) electrons. The van der Waals surface area contributed by atoms with Crippen LogP contribution in [0.5, 0.6) is 0 Å². The van der Waals surface area contributed by atoms with Crippen molar-refractivity contribution in [1.29, 1.82) is 0 Å². The second-order valence-electron chi connectivity index (χ2n) is 6.53. The zero-order valence-corrected chi connectivity index (χ0v) is 15.3. The van der Waals surface area contributed by atoms with Gasteiger partial charge in [0, 0.05) is 7.05 Å².